The van der Waals surface area contributed by atoms with E-state index in [0.29, 0.717) is 20.3 Å². The van der Waals surface area contributed by atoms with Gasteiger partial charge in [-0.05, 0) is 37.3 Å². The summed E-state index contributed by atoms with van der Waals surface area (Å²) in [5, 5.41) is 11.8. The Balaban J connectivity index is 1.58. The van der Waals surface area contributed by atoms with Gasteiger partial charge in [-0.1, -0.05) is 81.4 Å². The number of hydrogen-bond donors (Lipinski definition) is 1. The molecule has 0 bridgehead atoms. The monoisotopic (exact) mass is 542 g/mol. The largest absolute Gasteiger partial charge is 0.299 e. The molecule has 3 aromatic carbocycles. The summed E-state index contributed by atoms with van der Waals surface area (Å²) in [6.07, 6.45) is 0. The summed E-state index contributed by atoms with van der Waals surface area (Å²) < 4.78 is 28.5. The van der Waals surface area contributed by atoms with Crippen molar-refractivity contribution < 1.29 is 13.2 Å². The van der Waals surface area contributed by atoms with Crippen molar-refractivity contribution in [2.75, 3.05) is 16.2 Å². The summed E-state index contributed by atoms with van der Waals surface area (Å²) in [4.78, 5) is 13.0. The normalized spacial score (nSPS) is 11.2. The quantitative estimate of drug-likeness (QED) is 0.350. The lowest BCUT2D eigenvalue weighted by molar-refractivity contribution is -0.114. The van der Waals surface area contributed by atoms with Crippen molar-refractivity contribution in [1.29, 1.82) is 0 Å². The fourth-order valence-corrected chi connectivity index (χ4v) is 5.63. The van der Waals surface area contributed by atoms with Crippen LogP contribution in [0.2, 0.25) is 0 Å². The van der Waals surface area contributed by atoms with Gasteiger partial charge in [0.25, 0.3) is 10.0 Å². The number of aromatic nitrogens is 2. The fraction of sp³-hybridized carbons (Fsp3) is 0.0870. The lowest BCUT2D eigenvalue weighted by atomic mass is 10.2. The van der Waals surface area contributed by atoms with Crippen molar-refractivity contribution in [3.63, 3.8) is 0 Å². The van der Waals surface area contributed by atoms with Crippen molar-refractivity contribution in [3.8, 4) is 10.6 Å². The molecule has 0 aliphatic rings. The van der Waals surface area contributed by atoms with E-state index in [1.807, 2.05) is 31.2 Å². The van der Waals surface area contributed by atoms with E-state index in [0.717, 1.165) is 15.4 Å². The summed E-state index contributed by atoms with van der Waals surface area (Å²) in [6.45, 7) is 1.57. The number of halogens is 1. The first-order chi connectivity index (χ1) is 15.8. The van der Waals surface area contributed by atoms with Crippen molar-refractivity contribution in [3.05, 3.63) is 88.9 Å². The van der Waals surface area contributed by atoms with Crippen LogP contribution in [0, 0.1) is 6.92 Å². The van der Waals surface area contributed by atoms with E-state index in [1.165, 1.54) is 23.5 Å². The van der Waals surface area contributed by atoms with Gasteiger partial charge in [-0.2, -0.15) is 0 Å². The number of aryl methyl sites for hydroxylation is 1. The van der Waals surface area contributed by atoms with Crippen LogP contribution in [0.1, 0.15) is 5.56 Å². The Bertz CT molecular complexity index is 1370. The molecule has 0 aliphatic heterocycles. The van der Waals surface area contributed by atoms with Crippen LogP contribution in [-0.4, -0.2) is 31.1 Å². The predicted molar refractivity (Wildman–Crippen MR) is 134 cm³/mol. The molecule has 33 heavy (non-hydrogen) atoms. The van der Waals surface area contributed by atoms with E-state index >= 15 is 0 Å². The van der Waals surface area contributed by atoms with Crippen LogP contribution >= 0.6 is 27.3 Å². The van der Waals surface area contributed by atoms with Crippen LogP contribution in [0.25, 0.3) is 10.6 Å². The van der Waals surface area contributed by atoms with Crippen LogP contribution < -0.4 is 9.62 Å². The third-order valence-corrected chi connectivity index (χ3v) is 7.85. The molecule has 168 valence electrons. The van der Waals surface area contributed by atoms with Crippen LogP contribution in [-0.2, 0) is 14.8 Å². The summed E-state index contributed by atoms with van der Waals surface area (Å²) in [5.74, 6) is -0.527. The first kappa shape index (κ1) is 23.1. The van der Waals surface area contributed by atoms with Crippen LogP contribution in [0.5, 0.6) is 0 Å². The second-order valence-electron chi connectivity index (χ2n) is 7.13. The number of nitrogens with zero attached hydrogens (tertiary/aromatic N) is 3. The highest BCUT2D eigenvalue weighted by atomic mass is 79.9. The van der Waals surface area contributed by atoms with E-state index in [-0.39, 0.29) is 4.90 Å². The first-order valence-corrected chi connectivity index (χ1v) is 12.9. The van der Waals surface area contributed by atoms with Crippen molar-refractivity contribution in [1.82, 2.24) is 10.2 Å². The van der Waals surface area contributed by atoms with Crippen molar-refractivity contribution >= 4 is 54.0 Å². The smallest absolute Gasteiger partial charge is 0.264 e. The van der Waals surface area contributed by atoms with Gasteiger partial charge >= 0.3 is 0 Å². The molecule has 1 aromatic heterocycles. The zero-order chi connectivity index (χ0) is 23.4. The average molecular weight is 543 g/mol. The number of sulfonamides is 1. The Labute approximate surface area is 204 Å². The molecule has 0 spiro atoms. The minimum Gasteiger partial charge on any atom is -0.299 e. The summed E-state index contributed by atoms with van der Waals surface area (Å²) in [7, 11) is -3.98. The number of carbonyl (C=O) groups is 1. The Morgan fingerprint density at radius 3 is 2.42 bits per heavy atom. The Hall–Kier alpha value is -3.08. The summed E-state index contributed by atoms with van der Waals surface area (Å²) in [6, 6.07) is 22.6. The maximum absolute atomic E-state index is 13.4. The molecular weight excluding hydrogens is 524 g/mol. The van der Waals surface area contributed by atoms with Crippen molar-refractivity contribution in [2.45, 2.75) is 11.8 Å². The molecular formula is C23H19BrN4O3S2. The lowest BCUT2D eigenvalue weighted by Gasteiger charge is -2.24. The van der Waals surface area contributed by atoms with Crippen molar-refractivity contribution in [2.24, 2.45) is 0 Å². The van der Waals surface area contributed by atoms with Gasteiger partial charge in [0.05, 0.1) is 10.6 Å². The number of rotatable bonds is 7. The predicted octanol–water partition coefficient (Wildman–Crippen LogP) is 5.11. The highest BCUT2D eigenvalue weighted by Crippen LogP contribution is 2.28. The summed E-state index contributed by atoms with van der Waals surface area (Å²) >= 11 is 4.58. The van der Waals surface area contributed by atoms with Gasteiger partial charge in [-0.3, -0.25) is 14.4 Å². The number of anilines is 2. The van der Waals surface area contributed by atoms with E-state index in [4.69, 9.17) is 0 Å². The zero-order valence-corrected chi connectivity index (χ0v) is 20.7. The SMILES string of the molecule is Cc1ccc(-c2nnc(NC(=O)CN(c3cccc(Br)c3)S(=O)(=O)c3ccccc3)s2)cc1. The molecule has 0 saturated heterocycles. The van der Waals surface area contributed by atoms with Gasteiger partial charge in [0.1, 0.15) is 11.6 Å². The molecule has 7 nitrogen and oxygen atoms in total. The van der Waals surface area contributed by atoms with E-state index in [9.17, 15) is 13.2 Å². The molecule has 0 fully saturated rings. The topological polar surface area (TPSA) is 92.3 Å². The molecule has 1 N–H and O–H groups in total. The molecule has 0 unspecified atom stereocenters. The molecule has 1 amide bonds. The molecule has 10 heteroatoms. The maximum Gasteiger partial charge on any atom is 0.264 e. The third kappa shape index (κ3) is 5.47. The third-order valence-electron chi connectivity index (χ3n) is 4.68. The van der Waals surface area contributed by atoms with Crippen LogP contribution in [0.4, 0.5) is 10.8 Å². The molecule has 0 radical (unpaired) electrons. The first-order valence-electron chi connectivity index (χ1n) is 9.87. The zero-order valence-electron chi connectivity index (χ0n) is 17.5. The van der Waals surface area contributed by atoms with E-state index in [2.05, 4.69) is 31.4 Å². The molecule has 4 rings (SSSR count). The minimum absolute atomic E-state index is 0.0929. The number of amides is 1. The summed E-state index contributed by atoms with van der Waals surface area (Å²) in [5.41, 5.74) is 2.38. The molecule has 1 heterocycles. The second kappa shape index (κ2) is 9.82. The number of carbonyl (C=O) groups excluding carboxylic acids is 1. The lowest BCUT2D eigenvalue weighted by Crippen LogP contribution is -2.38. The number of hydrogen-bond acceptors (Lipinski definition) is 6. The fourth-order valence-electron chi connectivity index (χ4n) is 3.04. The highest BCUT2D eigenvalue weighted by Gasteiger charge is 2.27. The molecule has 0 saturated carbocycles. The Morgan fingerprint density at radius 1 is 1.00 bits per heavy atom. The Morgan fingerprint density at radius 2 is 1.73 bits per heavy atom. The minimum atomic E-state index is -3.98. The van der Waals surface area contributed by atoms with Gasteiger partial charge in [0.2, 0.25) is 11.0 Å². The van der Waals surface area contributed by atoms with E-state index in [1.54, 1.807) is 42.5 Å². The maximum atomic E-state index is 13.4. The molecule has 4 aromatic rings. The highest BCUT2D eigenvalue weighted by molar-refractivity contribution is 9.10. The second-order valence-corrected chi connectivity index (χ2v) is 10.9. The van der Waals surface area contributed by atoms with Gasteiger partial charge in [-0.25, -0.2) is 8.42 Å². The van der Waals surface area contributed by atoms with Crippen LogP contribution in [0.15, 0.2) is 88.2 Å². The van der Waals surface area contributed by atoms with Gasteiger partial charge in [0, 0.05) is 10.0 Å². The molecule has 0 atom stereocenters. The standard InChI is InChI=1S/C23H19BrN4O3S2/c1-16-10-12-17(13-11-16)22-26-27-23(32-22)25-21(29)15-28(19-7-5-6-18(24)14-19)33(30,31)20-8-3-2-4-9-20/h2-14H,15H2,1H3,(H,25,27,29). The van der Waals surface area contributed by atoms with Gasteiger partial charge in [0.15, 0.2) is 0 Å². The van der Waals surface area contributed by atoms with Gasteiger partial charge in [-0.15, -0.1) is 10.2 Å². The Kier molecular flexibility index (Phi) is 6.87. The molecule has 0 aliphatic carbocycles. The number of benzene rings is 3. The number of nitrogens with one attached hydrogen (secondary N) is 1. The van der Waals surface area contributed by atoms with Gasteiger partial charge < -0.3 is 0 Å². The van der Waals surface area contributed by atoms with E-state index < -0.39 is 22.5 Å². The van der Waals surface area contributed by atoms with Crippen LogP contribution in [0.3, 0.4) is 0 Å². The average Bonchev–Trinajstić information content (AvgIpc) is 3.26.